The van der Waals surface area contributed by atoms with Crippen molar-refractivity contribution in [2.75, 3.05) is 13.2 Å². The van der Waals surface area contributed by atoms with E-state index >= 15 is 0 Å². The molecule has 6 nitrogen and oxygen atoms in total. The van der Waals surface area contributed by atoms with E-state index in [1.54, 1.807) is 0 Å². The number of hydrogen-bond donors (Lipinski definition) is 3. The van der Waals surface area contributed by atoms with Gasteiger partial charge < -0.3 is 20.3 Å². The summed E-state index contributed by atoms with van der Waals surface area (Å²) in [4.78, 5) is 24.6. The van der Waals surface area contributed by atoms with Crippen molar-refractivity contribution in [1.82, 2.24) is 5.32 Å². The number of amides is 1. The molecule has 0 radical (unpaired) electrons. The number of ether oxygens (including phenoxy) is 1. The lowest BCUT2D eigenvalue weighted by atomic mass is 10.0. The van der Waals surface area contributed by atoms with Gasteiger partial charge >= 0.3 is 5.97 Å². The average Bonchev–Trinajstić information content (AvgIpc) is 3.38. The summed E-state index contributed by atoms with van der Waals surface area (Å²) in [6, 6.07) is -0.548. The average molecular weight is 1010 g/mol. The van der Waals surface area contributed by atoms with Gasteiger partial charge in [-0.05, 0) is 77.0 Å². The van der Waals surface area contributed by atoms with E-state index in [-0.39, 0.29) is 18.5 Å². The minimum atomic E-state index is -0.670. The number of aliphatic hydroxyl groups is 2. The number of unbranched alkanes of at least 4 members (excludes halogenated alkanes) is 46. The zero-order valence-electron chi connectivity index (χ0n) is 48.7. The van der Waals surface area contributed by atoms with Crippen LogP contribution in [0.15, 0.2) is 24.3 Å². The van der Waals surface area contributed by atoms with Crippen LogP contribution in [0, 0.1) is 0 Å². The summed E-state index contributed by atoms with van der Waals surface area (Å²) in [5.41, 5.74) is 0. The van der Waals surface area contributed by atoms with E-state index in [0.29, 0.717) is 25.9 Å². The Kier molecular flexibility index (Phi) is 60.5. The summed E-state index contributed by atoms with van der Waals surface area (Å²) >= 11 is 0. The van der Waals surface area contributed by atoms with Crippen molar-refractivity contribution in [3.63, 3.8) is 0 Å². The molecule has 0 spiro atoms. The SMILES string of the molecule is CCCCCCCC/C=C\CCCCCCCCCC(=O)OCCCCCCCCCCC/C=C\CCCCCCCCCC(=O)NC(CO)C(O)CCCCCCCCCCCCCCCCCCCC. The molecule has 0 bridgehead atoms. The number of aliphatic hydroxyl groups excluding tert-OH is 2. The monoisotopic (exact) mass is 1010 g/mol. The summed E-state index contributed by atoms with van der Waals surface area (Å²) in [7, 11) is 0. The number of nitrogens with one attached hydrogen (secondary N) is 1. The lowest BCUT2D eigenvalue weighted by molar-refractivity contribution is -0.143. The predicted octanol–water partition coefficient (Wildman–Crippen LogP) is 20.6. The fraction of sp³-hybridized carbons (Fsp3) is 0.909. The number of allylic oxidation sites excluding steroid dienone is 4. The second-order valence-corrected chi connectivity index (χ2v) is 22.4. The van der Waals surface area contributed by atoms with Gasteiger partial charge in [-0.1, -0.05) is 295 Å². The van der Waals surface area contributed by atoms with Crippen molar-refractivity contribution in [3.8, 4) is 0 Å². The first-order chi connectivity index (χ1) is 35.5. The van der Waals surface area contributed by atoms with Gasteiger partial charge in [-0.3, -0.25) is 9.59 Å². The highest BCUT2D eigenvalue weighted by Gasteiger charge is 2.20. The van der Waals surface area contributed by atoms with E-state index in [0.717, 1.165) is 44.9 Å². The van der Waals surface area contributed by atoms with E-state index in [9.17, 15) is 19.8 Å². The maximum Gasteiger partial charge on any atom is 0.305 e. The molecule has 0 aromatic heterocycles. The highest BCUT2D eigenvalue weighted by molar-refractivity contribution is 5.76. The maximum absolute atomic E-state index is 12.5. The van der Waals surface area contributed by atoms with Crippen molar-refractivity contribution in [2.45, 2.75) is 373 Å². The molecule has 0 fully saturated rings. The van der Waals surface area contributed by atoms with E-state index in [4.69, 9.17) is 4.74 Å². The van der Waals surface area contributed by atoms with Gasteiger partial charge in [0.2, 0.25) is 5.91 Å². The minimum Gasteiger partial charge on any atom is -0.466 e. The Labute approximate surface area is 450 Å². The third-order valence-corrected chi connectivity index (χ3v) is 15.2. The maximum atomic E-state index is 12.5. The topological polar surface area (TPSA) is 95.9 Å². The van der Waals surface area contributed by atoms with Crippen molar-refractivity contribution in [3.05, 3.63) is 24.3 Å². The Morgan fingerprint density at radius 1 is 0.375 bits per heavy atom. The van der Waals surface area contributed by atoms with Gasteiger partial charge in [0, 0.05) is 12.8 Å². The molecule has 426 valence electrons. The molecular formula is C66H127NO5. The molecule has 0 aromatic rings. The Morgan fingerprint density at radius 2 is 0.653 bits per heavy atom. The number of carbonyl (C=O) groups excluding carboxylic acids is 2. The molecule has 0 saturated heterocycles. The third kappa shape index (κ3) is 57.6. The van der Waals surface area contributed by atoms with Gasteiger partial charge in [0.25, 0.3) is 0 Å². The number of carbonyl (C=O) groups is 2. The van der Waals surface area contributed by atoms with Crippen LogP contribution in [0.2, 0.25) is 0 Å². The molecule has 0 aromatic carbocycles. The van der Waals surface area contributed by atoms with Gasteiger partial charge in [0.1, 0.15) is 0 Å². The smallest absolute Gasteiger partial charge is 0.305 e. The Morgan fingerprint density at radius 3 is 0.986 bits per heavy atom. The number of rotatable bonds is 61. The summed E-state index contributed by atoms with van der Waals surface area (Å²) in [6.45, 7) is 4.96. The van der Waals surface area contributed by atoms with Crippen molar-refractivity contribution >= 4 is 11.9 Å². The molecule has 0 rings (SSSR count). The van der Waals surface area contributed by atoms with Gasteiger partial charge in [-0.15, -0.1) is 0 Å². The minimum absolute atomic E-state index is 0.00361. The molecule has 2 unspecified atom stereocenters. The van der Waals surface area contributed by atoms with Crippen LogP contribution in [0.5, 0.6) is 0 Å². The molecule has 0 aliphatic heterocycles. The van der Waals surface area contributed by atoms with E-state index < -0.39 is 12.1 Å². The first-order valence-electron chi connectivity index (χ1n) is 32.6. The first-order valence-corrected chi connectivity index (χ1v) is 32.6. The lowest BCUT2D eigenvalue weighted by Gasteiger charge is -2.22. The highest BCUT2D eigenvalue weighted by atomic mass is 16.5. The number of hydrogen-bond acceptors (Lipinski definition) is 5. The molecule has 72 heavy (non-hydrogen) atoms. The van der Waals surface area contributed by atoms with Crippen molar-refractivity contribution in [1.29, 1.82) is 0 Å². The van der Waals surface area contributed by atoms with Crippen molar-refractivity contribution in [2.24, 2.45) is 0 Å². The van der Waals surface area contributed by atoms with Gasteiger partial charge in [0.05, 0.1) is 25.4 Å². The quantitative estimate of drug-likeness (QED) is 0.0320. The molecule has 0 aliphatic rings. The normalized spacial score (nSPS) is 12.7. The van der Waals surface area contributed by atoms with Crippen LogP contribution >= 0.6 is 0 Å². The molecule has 0 aliphatic carbocycles. The second kappa shape index (κ2) is 61.9. The van der Waals surface area contributed by atoms with Crippen LogP contribution in [0.25, 0.3) is 0 Å². The molecule has 2 atom stereocenters. The Hall–Kier alpha value is -1.66. The molecule has 0 saturated carbocycles. The molecule has 6 heteroatoms. The summed E-state index contributed by atoms with van der Waals surface area (Å²) < 4.78 is 5.49. The fourth-order valence-electron chi connectivity index (χ4n) is 10.2. The molecule has 1 amide bonds. The van der Waals surface area contributed by atoms with Crippen LogP contribution in [0.1, 0.15) is 361 Å². The zero-order valence-corrected chi connectivity index (χ0v) is 48.7. The molecular weight excluding hydrogens is 887 g/mol. The molecule has 3 N–H and O–H groups in total. The van der Waals surface area contributed by atoms with Gasteiger partial charge in [-0.25, -0.2) is 0 Å². The van der Waals surface area contributed by atoms with Crippen LogP contribution in [0.3, 0.4) is 0 Å². The highest BCUT2D eigenvalue weighted by Crippen LogP contribution is 2.18. The van der Waals surface area contributed by atoms with Crippen LogP contribution < -0.4 is 5.32 Å². The second-order valence-electron chi connectivity index (χ2n) is 22.4. The molecule has 0 heterocycles. The number of esters is 1. The summed E-state index contributed by atoms with van der Waals surface area (Å²) in [6.07, 6.45) is 76.2. The summed E-state index contributed by atoms with van der Waals surface area (Å²) in [5, 5.41) is 23.3. The van der Waals surface area contributed by atoms with E-state index in [1.807, 2.05) is 0 Å². The standard InChI is InChI=1S/C66H127NO5/c1-3-5-7-9-11-13-15-17-19-21-27-30-34-38-42-46-50-54-58-64(69)63(62-68)67-65(70)59-55-51-47-43-39-35-31-28-24-22-23-25-29-33-37-41-45-49-53-57-61-72-66(71)60-56-52-48-44-40-36-32-26-20-18-16-14-12-10-8-6-4-2/h18,20,22,24,63-64,68-69H,3-17,19,21,23,25-62H2,1-2H3,(H,67,70)/b20-18-,24-22-. The third-order valence-electron chi connectivity index (χ3n) is 15.2. The van der Waals surface area contributed by atoms with Crippen LogP contribution in [-0.2, 0) is 14.3 Å². The van der Waals surface area contributed by atoms with E-state index in [1.165, 1.54) is 283 Å². The van der Waals surface area contributed by atoms with Crippen LogP contribution in [0.4, 0.5) is 0 Å². The van der Waals surface area contributed by atoms with Crippen molar-refractivity contribution < 1.29 is 24.5 Å². The Bertz CT molecular complexity index is 1120. The predicted molar refractivity (Wildman–Crippen MR) is 315 cm³/mol. The zero-order chi connectivity index (χ0) is 52.2. The van der Waals surface area contributed by atoms with E-state index in [2.05, 4.69) is 43.5 Å². The lowest BCUT2D eigenvalue weighted by Crippen LogP contribution is -2.45. The Balaban J connectivity index is 3.42. The fourth-order valence-corrected chi connectivity index (χ4v) is 10.2. The summed E-state index contributed by atoms with van der Waals surface area (Å²) in [5.74, 6) is -0.0371. The van der Waals surface area contributed by atoms with Crippen LogP contribution in [-0.4, -0.2) is 47.4 Å². The van der Waals surface area contributed by atoms with Gasteiger partial charge in [0.15, 0.2) is 0 Å². The largest absolute Gasteiger partial charge is 0.466 e. The first kappa shape index (κ1) is 70.3. The van der Waals surface area contributed by atoms with Gasteiger partial charge in [-0.2, -0.15) is 0 Å².